The van der Waals surface area contributed by atoms with Crippen LogP contribution < -0.4 is 10.1 Å². The van der Waals surface area contributed by atoms with Crippen LogP contribution >= 0.6 is 11.8 Å². The molecule has 0 aromatic heterocycles. The second-order valence-electron chi connectivity index (χ2n) is 8.93. The first-order valence-electron chi connectivity index (χ1n) is 10.6. The number of esters is 1. The summed E-state index contributed by atoms with van der Waals surface area (Å²) in [6.07, 6.45) is 2.89. The molecule has 0 amide bonds. The van der Waals surface area contributed by atoms with Gasteiger partial charge in [0.15, 0.2) is 0 Å². The Morgan fingerprint density at radius 1 is 1.22 bits per heavy atom. The smallest absolute Gasteiger partial charge is 0.320 e. The normalized spacial score (nSPS) is 18.9. The highest BCUT2D eigenvalue weighted by Crippen LogP contribution is 2.43. The number of hydrogen-bond donors (Lipinski definition) is 1. The number of allylic oxidation sites excluding steroid dienone is 2. The van der Waals surface area contributed by atoms with Gasteiger partial charge in [-0.3, -0.25) is 4.79 Å². The number of benzene rings is 2. The molecule has 32 heavy (non-hydrogen) atoms. The van der Waals surface area contributed by atoms with E-state index < -0.39 is 0 Å². The van der Waals surface area contributed by atoms with Crippen molar-refractivity contribution < 1.29 is 18.7 Å². The van der Waals surface area contributed by atoms with Crippen LogP contribution in [0.15, 0.2) is 47.4 Å². The second-order valence-corrected chi connectivity index (χ2v) is 10.0. The van der Waals surface area contributed by atoms with Crippen molar-refractivity contribution in [3.05, 3.63) is 64.3 Å². The molecule has 2 aliphatic rings. The van der Waals surface area contributed by atoms with Crippen LogP contribution in [0.2, 0.25) is 0 Å². The molecule has 0 saturated carbocycles. The number of rotatable bonds is 5. The predicted octanol–water partition coefficient (Wildman–Crippen LogP) is 6.56. The average molecular weight is 454 g/mol. The fourth-order valence-electron chi connectivity index (χ4n) is 4.45. The number of thioether (sulfide) groups is 1. The van der Waals surface area contributed by atoms with Crippen molar-refractivity contribution in [1.82, 2.24) is 0 Å². The molecule has 1 N–H and O–H groups in total. The third kappa shape index (κ3) is 4.42. The zero-order valence-electron chi connectivity index (χ0n) is 19.0. The Kier molecular flexibility index (Phi) is 6.08. The van der Waals surface area contributed by atoms with Crippen LogP contribution in [0.3, 0.4) is 0 Å². The first kappa shape index (κ1) is 22.5. The lowest BCUT2D eigenvalue weighted by Crippen LogP contribution is -2.32. The van der Waals surface area contributed by atoms with E-state index in [0.717, 1.165) is 33.5 Å². The third-order valence-corrected chi connectivity index (χ3v) is 6.98. The summed E-state index contributed by atoms with van der Waals surface area (Å²) in [6, 6.07) is 8.51. The number of carbonyl (C=O) groups excluding carboxylic acids is 1. The van der Waals surface area contributed by atoms with Crippen molar-refractivity contribution in [2.75, 3.05) is 12.4 Å². The molecule has 0 radical (unpaired) electrons. The van der Waals surface area contributed by atoms with Crippen molar-refractivity contribution in [2.45, 2.75) is 51.5 Å². The van der Waals surface area contributed by atoms with E-state index in [4.69, 9.17) is 9.47 Å². The lowest BCUT2D eigenvalue weighted by atomic mass is 9.85. The Morgan fingerprint density at radius 3 is 2.66 bits per heavy atom. The van der Waals surface area contributed by atoms with Crippen LogP contribution in [0.1, 0.15) is 45.2 Å². The van der Waals surface area contributed by atoms with E-state index in [-0.39, 0.29) is 29.2 Å². The van der Waals surface area contributed by atoms with Crippen LogP contribution in [0.4, 0.5) is 10.1 Å². The summed E-state index contributed by atoms with van der Waals surface area (Å²) in [4.78, 5) is 12.8. The molecule has 0 fully saturated rings. The van der Waals surface area contributed by atoms with E-state index in [2.05, 4.69) is 32.2 Å². The van der Waals surface area contributed by atoms with E-state index in [1.807, 2.05) is 24.5 Å². The van der Waals surface area contributed by atoms with Crippen LogP contribution in [-0.4, -0.2) is 23.9 Å². The number of hydrogen-bond acceptors (Lipinski definition) is 5. The quantitative estimate of drug-likeness (QED) is 0.520. The molecule has 1 unspecified atom stereocenters. The molecule has 0 spiro atoms. The van der Waals surface area contributed by atoms with Crippen molar-refractivity contribution in [1.29, 1.82) is 0 Å². The first-order valence-corrected chi connectivity index (χ1v) is 11.6. The number of halogens is 1. The van der Waals surface area contributed by atoms with Gasteiger partial charge in [-0.05, 0) is 68.9 Å². The summed E-state index contributed by atoms with van der Waals surface area (Å²) in [5.41, 5.74) is 6.59. The standard InChI is InChI=1S/C26H28FNO3S/c1-15-10-23(32-14-15)25(29)31-13-20-18(19-7-6-17(27)11-22(19)30-5)8-9-21-24(20)16(2)12-26(3,4)28-21/h6-9,11-12,14,23,28H,10,13H2,1-5H3. The maximum absolute atomic E-state index is 13.9. The SMILES string of the molecule is COc1cc(F)ccc1-c1ccc2c(c1COC(=O)C1CC(C)=CS1)C(C)=CC(C)(C)N2. The highest BCUT2D eigenvalue weighted by molar-refractivity contribution is 8.03. The van der Waals surface area contributed by atoms with E-state index in [1.54, 1.807) is 6.07 Å². The van der Waals surface area contributed by atoms with Crippen molar-refractivity contribution in [3.63, 3.8) is 0 Å². The van der Waals surface area contributed by atoms with E-state index >= 15 is 0 Å². The number of ether oxygens (including phenoxy) is 2. The summed E-state index contributed by atoms with van der Waals surface area (Å²) in [5, 5.41) is 5.37. The Hall–Kier alpha value is -2.73. The summed E-state index contributed by atoms with van der Waals surface area (Å²) in [5.74, 6) is -0.143. The zero-order valence-corrected chi connectivity index (χ0v) is 19.9. The van der Waals surface area contributed by atoms with Gasteiger partial charge in [0, 0.05) is 28.4 Å². The van der Waals surface area contributed by atoms with E-state index in [1.165, 1.54) is 36.6 Å². The minimum atomic E-state index is -0.364. The zero-order chi connectivity index (χ0) is 23.0. The van der Waals surface area contributed by atoms with Crippen molar-refractivity contribution >= 4 is 29.0 Å². The Bertz CT molecular complexity index is 1140. The van der Waals surface area contributed by atoms with Gasteiger partial charge >= 0.3 is 5.97 Å². The molecule has 2 aliphatic heterocycles. The molecular weight excluding hydrogens is 425 g/mol. The van der Waals surface area contributed by atoms with Gasteiger partial charge in [0.1, 0.15) is 23.4 Å². The second kappa shape index (κ2) is 8.66. The minimum absolute atomic E-state index is 0.126. The molecule has 168 valence electrons. The average Bonchev–Trinajstić information content (AvgIpc) is 3.17. The molecular formula is C26H28FNO3S. The molecule has 4 rings (SSSR count). The van der Waals surface area contributed by atoms with Gasteiger partial charge in [0.25, 0.3) is 0 Å². The number of nitrogens with one attached hydrogen (secondary N) is 1. The fourth-order valence-corrected chi connectivity index (χ4v) is 5.48. The summed E-state index contributed by atoms with van der Waals surface area (Å²) < 4.78 is 25.1. The molecule has 2 aromatic rings. The Morgan fingerprint density at radius 2 is 1.97 bits per heavy atom. The number of methoxy groups -OCH3 is 1. The molecule has 0 aliphatic carbocycles. The van der Waals surface area contributed by atoms with Crippen LogP contribution in [0.25, 0.3) is 16.7 Å². The van der Waals surface area contributed by atoms with Gasteiger partial charge in [0.05, 0.1) is 12.6 Å². The molecule has 1 atom stereocenters. The summed E-state index contributed by atoms with van der Waals surface area (Å²) in [6.45, 7) is 8.44. The number of carbonyl (C=O) groups is 1. The van der Waals surface area contributed by atoms with Crippen LogP contribution in [-0.2, 0) is 16.1 Å². The third-order valence-electron chi connectivity index (χ3n) is 5.76. The van der Waals surface area contributed by atoms with E-state index in [0.29, 0.717) is 12.2 Å². The maximum Gasteiger partial charge on any atom is 0.320 e. The molecule has 4 nitrogen and oxygen atoms in total. The number of fused-ring (bicyclic) bond motifs is 1. The number of anilines is 1. The highest BCUT2D eigenvalue weighted by atomic mass is 32.2. The van der Waals surface area contributed by atoms with Crippen molar-refractivity contribution in [2.24, 2.45) is 0 Å². The molecule has 0 saturated heterocycles. The Balaban J connectivity index is 1.77. The molecule has 2 aromatic carbocycles. The molecule has 0 bridgehead atoms. The van der Waals surface area contributed by atoms with Gasteiger partial charge in [-0.25, -0.2) is 4.39 Å². The van der Waals surface area contributed by atoms with Gasteiger partial charge in [-0.2, -0.15) is 0 Å². The summed E-state index contributed by atoms with van der Waals surface area (Å²) >= 11 is 1.51. The van der Waals surface area contributed by atoms with Gasteiger partial charge in [-0.15, -0.1) is 11.8 Å². The highest BCUT2D eigenvalue weighted by Gasteiger charge is 2.29. The fraction of sp³-hybridized carbons (Fsp3) is 0.346. The van der Waals surface area contributed by atoms with E-state index in [9.17, 15) is 9.18 Å². The largest absolute Gasteiger partial charge is 0.496 e. The summed E-state index contributed by atoms with van der Waals surface area (Å²) in [7, 11) is 1.53. The van der Waals surface area contributed by atoms with Gasteiger partial charge < -0.3 is 14.8 Å². The van der Waals surface area contributed by atoms with Crippen molar-refractivity contribution in [3.8, 4) is 16.9 Å². The molecule has 2 heterocycles. The topological polar surface area (TPSA) is 47.6 Å². The first-order chi connectivity index (χ1) is 15.2. The lowest BCUT2D eigenvalue weighted by molar-refractivity contribution is -0.144. The van der Waals surface area contributed by atoms with Gasteiger partial charge in [0.2, 0.25) is 0 Å². The van der Waals surface area contributed by atoms with Crippen LogP contribution in [0.5, 0.6) is 5.75 Å². The monoisotopic (exact) mass is 453 g/mol. The minimum Gasteiger partial charge on any atom is -0.496 e. The predicted molar refractivity (Wildman–Crippen MR) is 129 cm³/mol. The van der Waals surface area contributed by atoms with Gasteiger partial charge in [-0.1, -0.05) is 17.7 Å². The Labute approximate surface area is 192 Å². The lowest BCUT2D eigenvalue weighted by Gasteiger charge is -2.33. The maximum atomic E-state index is 13.9. The molecule has 6 heteroatoms. The van der Waals surface area contributed by atoms with Crippen LogP contribution in [0, 0.1) is 5.82 Å².